The molecule has 0 saturated carbocycles. The Bertz CT molecular complexity index is 981. The third kappa shape index (κ3) is 4.71. The number of aromatic nitrogens is 2. The summed E-state index contributed by atoms with van der Waals surface area (Å²) in [6, 6.07) is 12.9. The van der Waals surface area contributed by atoms with Crippen molar-refractivity contribution in [3.8, 4) is 11.5 Å². The molecule has 3 rings (SSSR count). The van der Waals surface area contributed by atoms with Gasteiger partial charge in [0.25, 0.3) is 0 Å². The zero-order valence-electron chi connectivity index (χ0n) is 14.5. The van der Waals surface area contributed by atoms with Crippen LogP contribution in [0.1, 0.15) is 24.9 Å². The number of halogens is 2. The largest absolute Gasteiger partial charge is 0.437 e. The van der Waals surface area contributed by atoms with Crippen LogP contribution in [-0.2, 0) is 11.3 Å². The van der Waals surface area contributed by atoms with Crippen LogP contribution in [0.4, 0.5) is 4.39 Å². The molecule has 1 atom stereocenters. The standard InChI is InChI=1S/C19H17BrFN3O3/c1-2-16(12-3-7-14(20)8-4-12)22-17(25)11-24-19(26)27-18(23-24)13-5-9-15(21)10-6-13/h3-10,16H,2,11H2,1H3,(H,22,25). The Balaban J connectivity index is 1.71. The van der Waals surface area contributed by atoms with Crippen LogP contribution in [0.2, 0.25) is 0 Å². The number of hydrogen-bond donors (Lipinski definition) is 1. The van der Waals surface area contributed by atoms with Gasteiger partial charge in [-0.3, -0.25) is 4.79 Å². The van der Waals surface area contributed by atoms with E-state index in [0.717, 1.165) is 14.7 Å². The monoisotopic (exact) mass is 433 g/mol. The molecule has 27 heavy (non-hydrogen) atoms. The number of nitrogens with one attached hydrogen (secondary N) is 1. The summed E-state index contributed by atoms with van der Waals surface area (Å²) in [6.07, 6.45) is 0.696. The molecule has 3 aromatic rings. The lowest BCUT2D eigenvalue weighted by atomic mass is 10.0. The number of carbonyl (C=O) groups excluding carboxylic acids is 1. The molecule has 140 valence electrons. The van der Waals surface area contributed by atoms with E-state index < -0.39 is 11.6 Å². The van der Waals surface area contributed by atoms with Gasteiger partial charge in [0.15, 0.2) is 0 Å². The number of amides is 1. The number of rotatable bonds is 6. The average molecular weight is 434 g/mol. The molecule has 1 aromatic heterocycles. The lowest BCUT2D eigenvalue weighted by molar-refractivity contribution is -0.122. The van der Waals surface area contributed by atoms with Gasteiger partial charge in [0.1, 0.15) is 12.4 Å². The molecular weight excluding hydrogens is 417 g/mol. The molecule has 0 aliphatic carbocycles. The zero-order valence-corrected chi connectivity index (χ0v) is 16.1. The first-order valence-electron chi connectivity index (χ1n) is 8.35. The van der Waals surface area contributed by atoms with Crippen molar-refractivity contribution < 1.29 is 13.6 Å². The smallest absolute Gasteiger partial charge is 0.388 e. The van der Waals surface area contributed by atoms with Gasteiger partial charge in [-0.05, 0) is 48.4 Å². The Morgan fingerprint density at radius 1 is 1.22 bits per heavy atom. The second-order valence-electron chi connectivity index (χ2n) is 5.92. The molecule has 1 unspecified atom stereocenters. The van der Waals surface area contributed by atoms with E-state index in [0.29, 0.717) is 12.0 Å². The second kappa shape index (κ2) is 8.30. The fourth-order valence-electron chi connectivity index (χ4n) is 2.61. The predicted octanol–water partition coefficient (Wildman–Crippen LogP) is 3.67. The third-order valence-corrected chi connectivity index (χ3v) is 4.54. The Hall–Kier alpha value is -2.74. The molecule has 1 heterocycles. The average Bonchev–Trinajstić information content (AvgIpc) is 3.01. The maximum Gasteiger partial charge on any atom is 0.437 e. The molecule has 0 aliphatic rings. The summed E-state index contributed by atoms with van der Waals surface area (Å²) in [6.45, 7) is 1.69. The normalized spacial score (nSPS) is 12.0. The first kappa shape index (κ1) is 19.0. The van der Waals surface area contributed by atoms with Crippen LogP contribution in [0.5, 0.6) is 0 Å². The van der Waals surface area contributed by atoms with E-state index in [2.05, 4.69) is 26.3 Å². The number of benzene rings is 2. The minimum Gasteiger partial charge on any atom is -0.388 e. The lowest BCUT2D eigenvalue weighted by Crippen LogP contribution is -2.34. The molecule has 2 aromatic carbocycles. The first-order valence-corrected chi connectivity index (χ1v) is 9.14. The first-order chi connectivity index (χ1) is 13.0. The van der Waals surface area contributed by atoms with E-state index in [1.54, 1.807) is 0 Å². The Morgan fingerprint density at radius 2 is 1.89 bits per heavy atom. The molecule has 0 fully saturated rings. The van der Waals surface area contributed by atoms with Gasteiger partial charge in [-0.2, -0.15) is 4.68 Å². The van der Waals surface area contributed by atoms with E-state index in [1.165, 1.54) is 24.3 Å². The summed E-state index contributed by atoms with van der Waals surface area (Å²) in [5, 5.41) is 6.90. The Labute approximate surface area is 163 Å². The van der Waals surface area contributed by atoms with Gasteiger partial charge < -0.3 is 9.73 Å². The van der Waals surface area contributed by atoms with Crippen molar-refractivity contribution in [3.63, 3.8) is 0 Å². The molecule has 0 radical (unpaired) electrons. The number of nitrogens with zero attached hydrogens (tertiary/aromatic N) is 2. The summed E-state index contributed by atoms with van der Waals surface area (Å²) in [5.74, 6) is -1.47. The lowest BCUT2D eigenvalue weighted by Gasteiger charge is -2.17. The SMILES string of the molecule is CCC(NC(=O)Cn1nc(-c2ccc(F)cc2)oc1=O)c1ccc(Br)cc1. The van der Waals surface area contributed by atoms with Crippen LogP contribution in [0.25, 0.3) is 11.5 Å². The predicted molar refractivity (Wildman–Crippen MR) is 101 cm³/mol. The Kier molecular flexibility index (Phi) is 5.85. The van der Waals surface area contributed by atoms with Crippen molar-refractivity contribution in [2.45, 2.75) is 25.9 Å². The van der Waals surface area contributed by atoms with Crippen LogP contribution in [0.3, 0.4) is 0 Å². The van der Waals surface area contributed by atoms with Crippen molar-refractivity contribution in [2.75, 3.05) is 0 Å². The third-order valence-electron chi connectivity index (χ3n) is 4.01. The molecule has 1 amide bonds. The molecule has 0 spiro atoms. The highest BCUT2D eigenvalue weighted by Crippen LogP contribution is 2.19. The number of carbonyl (C=O) groups is 1. The highest BCUT2D eigenvalue weighted by molar-refractivity contribution is 9.10. The fourth-order valence-corrected chi connectivity index (χ4v) is 2.87. The Morgan fingerprint density at radius 3 is 2.52 bits per heavy atom. The van der Waals surface area contributed by atoms with Crippen LogP contribution in [0, 0.1) is 5.82 Å². The van der Waals surface area contributed by atoms with Crippen LogP contribution >= 0.6 is 15.9 Å². The topological polar surface area (TPSA) is 77.1 Å². The summed E-state index contributed by atoms with van der Waals surface area (Å²) in [5.41, 5.74) is 1.42. The highest BCUT2D eigenvalue weighted by atomic mass is 79.9. The van der Waals surface area contributed by atoms with Gasteiger partial charge >= 0.3 is 5.76 Å². The maximum absolute atomic E-state index is 13.0. The summed E-state index contributed by atoms with van der Waals surface area (Å²) in [7, 11) is 0. The van der Waals surface area contributed by atoms with Crippen molar-refractivity contribution in [1.29, 1.82) is 0 Å². The summed E-state index contributed by atoms with van der Waals surface area (Å²) < 4.78 is 20.0. The fraction of sp³-hybridized carbons (Fsp3) is 0.211. The van der Waals surface area contributed by atoms with E-state index in [9.17, 15) is 14.0 Å². The van der Waals surface area contributed by atoms with Crippen molar-refractivity contribution >= 4 is 21.8 Å². The van der Waals surface area contributed by atoms with Crippen LogP contribution < -0.4 is 11.1 Å². The van der Waals surface area contributed by atoms with E-state index >= 15 is 0 Å². The molecule has 0 aliphatic heterocycles. The van der Waals surface area contributed by atoms with Gasteiger partial charge in [0.2, 0.25) is 11.8 Å². The minimum absolute atomic E-state index is 0.0350. The van der Waals surface area contributed by atoms with Crippen molar-refractivity contribution in [3.05, 3.63) is 74.9 Å². The number of hydrogen-bond acceptors (Lipinski definition) is 4. The van der Waals surface area contributed by atoms with Crippen LogP contribution in [-0.4, -0.2) is 15.7 Å². The maximum atomic E-state index is 13.0. The van der Waals surface area contributed by atoms with Gasteiger partial charge in [-0.1, -0.05) is 35.0 Å². The molecule has 0 saturated heterocycles. The van der Waals surface area contributed by atoms with Gasteiger partial charge in [-0.25, -0.2) is 9.18 Å². The van der Waals surface area contributed by atoms with Crippen molar-refractivity contribution in [2.24, 2.45) is 0 Å². The molecule has 0 bridgehead atoms. The van der Waals surface area contributed by atoms with Gasteiger partial charge in [0, 0.05) is 10.0 Å². The molecular formula is C19H17BrFN3O3. The summed E-state index contributed by atoms with van der Waals surface area (Å²) in [4.78, 5) is 24.3. The second-order valence-corrected chi connectivity index (χ2v) is 6.83. The van der Waals surface area contributed by atoms with Gasteiger partial charge in [0.05, 0.1) is 6.04 Å². The molecule has 1 N–H and O–H groups in total. The quantitative estimate of drug-likeness (QED) is 0.643. The zero-order chi connectivity index (χ0) is 19.4. The van der Waals surface area contributed by atoms with Crippen LogP contribution in [0.15, 0.2) is 62.2 Å². The highest BCUT2D eigenvalue weighted by Gasteiger charge is 2.16. The van der Waals surface area contributed by atoms with E-state index in [1.807, 2.05) is 31.2 Å². The van der Waals surface area contributed by atoms with E-state index in [4.69, 9.17) is 4.42 Å². The van der Waals surface area contributed by atoms with Gasteiger partial charge in [-0.15, -0.1) is 5.10 Å². The van der Waals surface area contributed by atoms with Crippen molar-refractivity contribution in [1.82, 2.24) is 15.1 Å². The molecule has 8 heteroatoms. The summed E-state index contributed by atoms with van der Waals surface area (Å²) >= 11 is 3.38. The van der Waals surface area contributed by atoms with E-state index in [-0.39, 0.29) is 24.4 Å². The molecule has 6 nitrogen and oxygen atoms in total. The minimum atomic E-state index is -0.749.